The summed E-state index contributed by atoms with van der Waals surface area (Å²) in [6, 6.07) is 0. The molecule has 1 fully saturated rings. The molecule has 7 heteroatoms. The Morgan fingerprint density at radius 3 is 2.26 bits per heavy atom. The van der Waals surface area contributed by atoms with Gasteiger partial charge in [-0.2, -0.15) is 0 Å². The highest BCUT2D eigenvalue weighted by molar-refractivity contribution is 6.18. The van der Waals surface area contributed by atoms with Crippen LogP contribution in [0.5, 0.6) is 0 Å². The van der Waals surface area contributed by atoms with Gasteiger partial charge in [-0.3, -0.25) is 4.79 Å². The number of nitrogens with zero attached hydrogens (tertiary/aromatic N) is 1. The summed E-state index contributed by atoms with van der Waals surface area (Å²) in [5, 5.41) is 0. The summed E-state index contributed by atoms with van der Waals surface area (Å²) >= 11 is 0. The topological polar surface area (TPSA) is 55.8 Å². The van der Waals surface area contributed by atoms with Gasteiger partial charge in [-0.1, -0.05) is 0 Å². The maximum absolute atomic E-state index is 12.4. The molecule has 1 aliphatic heterocycles. The summed E-state index contributed by atoms with van der Waals surface area (Å²) in [6.07, 6.45) is -2.32. The van der Waals surface area contributed by atoms with Crippen molar-refractivity contribution in [2.75, 3.05) is 20.2 Å². The number of rotatable bonds is 4. The van der Waals surface area contributed by atoms with E-state index in [1.807, 2.05) is 13.8 Å². The first-order valence-electron chi connectivity index (χ1n) is 5.87. The van der Waals surface area contributed by atoms with Gasteiger partial charge < -0.3 is 14.4 Å². The van der Waals surface area contributed by atoms with Gasteiger partial charge in [0.2, 0.25) is 5.78 Å². The predicted octanol–water partition coefficient (Wildman–Crippen LogP) is 0.987. The van der Waals surface area contributed by atoms with Crippen LogP contribution in [-0.2, 0) is 19.1 Å². The number of carbonyl (C=O) groups is 2. The van der Waals surface area contributed by atoms with E-state index < -0.39 is 23.8 Å². The summed E-state index contributed by atoms with van der Waals surface area (Å²) in [6.45, 7) is 4.48. The molecular weight excluding hydrogens is 260 g/mol. The fourth-order valence-electron chi connectivity index (χ4n) is 1.95. The van der Waals surface area contributed by atoms with Crippen molar-refractivity contribution in [1.29, 1.82) is 0 Å². The van der Waals surface area contributed by atoms with Crippen LogP contribution in [0, 0.1) is 0 Å². The highest BCUT2D eigenvalue weighted by Gasteiger charge is 2.29. The fraction of sp³-hybridized carbons (Fsp3) is 0.667. The number of hydrogen-bond donors (Lipinski definition) is 0. The third-order valence-corrected chi connectivity index (χ3v) is 2.63. The minimum Gasteiger partial charge on any atom is -0.465 e. The lowest BCUT2D eigenvalue weighted by Crippen LogP contribution is -2.43. The van der Waals surface area contributed by atoms with Gasteiger partial charge in [0, 0.05) is 19.3 Å². The van der Waals surface area contributed by atoms with Gasteiger partial charge in [0.15, 0.2) is 0 Å². The highest BCUT2D eigenvalue weighted by Crippen LogP contribution is 2.15. The van der Waals surface area contributed by atoms with Gasteiger partial charge >= 0.3 is 12.4 Å². The zero-order valence-electron chi connectivity index (χ0n) is 11.1. The van der Waals surface area contributed by atoms with E-state index in [1.54, 1.807) is 4.90 Å². The Labute approximate surface area is 110 Å². The van der Waals surface area contributed by atoms with Gasteiger partial charge in [0.1, 0.15) is 5.57 Å². The molecule has 1 heterocycles. The van der Waals surface area contributed by atoms with Crippen LogP contribution in [0.4, 0.5) is 8.78 Å². The lowest BCUT2D eigenvalue weighted by Gasteiger charge is -2.34. The third kappa shape index (κ3) is 4.27. The Balaban J connectivity index is 2.93. The van der Waals surface area contributed by atoms with Crippen LogP contribution in [-0.4, -0.2) is 55.5 Å². The molecule has 0 spiro atoms. The molecule has 0 N–H and O–H groups in total. The number of methoxy groups -OCH3 is 1. The zero-order valence-corrected chi connectivity index (χ0v) is 11.1. The smallest absolute Gasteiger partial charge is 0.343 e. The number of morpholine rings is 1. The van der Waals surface area contributed by atoms with Crippen LogP contribution in [0.1, 0.15) is 13.8 Å². The maximum atomic E-state index is 12.4. The number of hydrogen-bond acceptors (Lipinski definition) is 5. The van der Waals surface area contributed by atoms with Gasteiger partial charge in [-0.25, -0.2) is 13.6 Å². The Bertz CT molecular complexity index is 374. The van der Waals surface area contributed by atoms with Gasteiger partial charge in [-0.05, 0) is 13.8 Å². The molecule has 0 aromatic rings. The molecule has 0 aliphatic carbocycles. The molecule has 19 heavy (non-hydrogen) atoms. The van der Waals surface area contributed by atoms with E-state index in [2.05, 4.69) is 4.74 Å². The van der Waals surface area contributed by atoms with Crippen molar-refractivity contribution in [2.45, 2.75) is 32.5 Å². The van der Waals surface area contributed by atoms with Crippen LogP contribution in [0.2, 0.25) is 0 Å². The van der Waals surface area contributed by atoms with Crippen LogP contribution in [0.3, 0.4) is 0 Å². The van der Waals surface area contributed by atoms with E-state index in [-0.39, 0.29) is 12.2 Å². The highest BCUT2D eigenvalue weighted by atomic mass is 19.3. The largest absolute Gasteiger partial charge is 0.465 e. The molecule has 0 aromatic carbocycles. The number of Topliss-reactive ketones (excluding diaryl/α,β-unsaturated/α-hetero) is 1. The first-order valence-corrected chi connectivity index (χ1v) is 5.87. The average molecular weight is 277 g/mol. The summed E-state index contributed by atoms with van der Waals surface area (Å²) in [7, 11) is 1.04. The molecule has 2 unspecified atom stereocenters. The number of ketones is 1. The van der Waals surface area contributed by atoms with Crippen molar-refractivity contribution in [1.82, 2.24) is 4.90 Å². The third-order valence-electron chi connectivity index (χ3n) is 2.63. The summed E-state index contributed by atoms with van der Waals surface area (Å²) < 4.78 is 34.7. The van der Waals surface area contributed by atoms with Gasteiger partial charge in [0.25, 0.3) is 0 Å². The van der Waals surface area contributed by atoms with Crippen molar-refractivity contribution in [2.24, 2.45) is 0 Å². The van der Waals surface area contributed by atoms with Crippen molar-refractivity contribution >= 4 is 11.8 Å². The van der Waals surface area contributed by atoms with E-state index in [9.17, 15) is 18.4 Å². The molecule has 0 saturated carbocycles. The molecule has 5 nitrogen and oxygen atoms in total. The quantitative estimate of drug-likeness (QED) is 0.332. The van der Waals surface area contributed by atoms with Crippen LogP contribution < -0.4 is 0 Å². The van der Waals surface area contributed by atoms with Crippen molar-refractivity contribution in [3.8, 4) is 0 Å². The van der Waals surface area contributed by atoms with Gasteiger partial charge in [0.05, 0.1) is 19.3 Å². The van der Waals surface area contributed by atoms with E-state index in [1.165, 1.54) is 0 Å². The summed E-state index contributed by atoms with van der Waals surface area (Å²) in [5.74, 6) is -2.59. The number of carbonyl (C=O) groups excluding carboxylic acids is 2. The molecular formula is C12H17F2NO4. The first-order chi connectivity index (χ1) is 8.85. The average Bonchev–Trinajstić information content (AvgIpc) is 2.32. The molecule has 108 valence electrons. The lowest BCUT2D eigenvalue weighted by atomic mass is 10.1. The van der Waals surface area contributed by atoms with Crippen molar-refractivity contribution < 1.29 is 27.8 Å². The molecule has 0 bridgehead atoms. The van der Waals surface area contributed by atoms with Crippen LogP contribution >= 0.6 is 0 Å². The van der Waals surface area contributed by atoms with E-state index in [0.29, 0.717) is 13.1 Å². The lowest BCUT2D eigenvalue weighted by molar-refractivity contribution is -0.140. The normalized spacial score (nSPS) is 24.5. The van der Waals surface area contributed by atoms with E-state index in [4.69, 9.17) is 4.74 Å². The molecule has 1 rings (SSSR count). The fourth-order valence-corrected chi connectivity index (χ4v) is 1.95. The number of alkyl halides is 2. The molecule has 0 aromatic heterocycles. The van der Waals surface area contributed by atoms with Crippen LogP contribution in [0.15, 0.2) is 11.8 Å². The first kappa shape index (κ1) is 15.6. The molecule has 1 aliphatic rings. The molecule has 1 saturated heterocycles. The monoisotopic (exact) mass is 277 g/mol. The second-order valence-electron chi connectivity index (χ2n) is 4.41. The molecule has 2 atom stereocenters. The predicted molar refractivity (Wildman–Crippen MR) is 62.7 cm³/mol. The second kappa shape index (κ2) is 6.60. The Morgan fingerprint density at radius 1 is 1.32 bits per heavy atom. The zero-order chi connectivity index (χ0) is 14.6. The maximum Gasteiger partial charge on any atom is 0.343 e. The SMILES string of the molecule is COC(=O)/C(=C\N1CC(C)OC(C)C1)C(=O)C(F)F. The van der Waals surface area contributed by atoms with E-state index in [0.717, 1.165) is 13.3 Å². The standard InChI is InChI=1S/C12H17F2NO4/c1-7-4-15(5-8(2)19-7)6-9(12(17)18-3)10(16)11(13)14/h6-8,11H,4-5H2,1-3H3/b9-6-. The van der Waals surface area contributed by atoms with E-state index >= 15 is 0 Å². The summed E-state index contributed by atoms with van der Waals surface area (Å²) in [4.78, 5) is 24.3. The second-order valence-corrected chi connectivity index (χ2v) is 4.41. The molecule has 0 radical (unpaired) electrons. The van der Waals surface area contributed by atoms with Crippen molar-refractivity contribution in [3.05, 3.63) is 11.8 Å². The van der Waals surface area contributed by atoms with Crippen molar-refractivity contribution in [3.63, 3.8) is 0 Å². The Hall–Kier alpha value is -1.50. The number of esters is 1. The van der Waals surface area contributed by atoms with Gasteiger partial charge in [-0.15, -0.1) is 0 Å². The minimum absolute atomic E-state index is 0.111. The Morgan fingerprint density at radius 2 is 1.84 bits per heavy atom. The Kier molecular flexibility index (Phi) is 5.41. The molecule has 0 amide bonds. The minimum atomic E-state index is -3.23. The van der Waals surface area contributed by atoms with Crippen LogP contribution in [0.25, 0.3) is 0 Å². The number of ether oxygens (including phenoxy) is 2. The summed E-state index contributed by atoms with van der Waals surface area (Å²) in [5.41, 5.74) is -0.640. The number of halogens is 2.